The van der Waals surface area contributed by atoms with E-state index in [1.54, 1.807) is 87.0 Å². The number of hydrogen-bond acceptors (Lipinski definition) is 6. The van der Waals surface area contributed by atoms with Gasteiger partial charge in [-0.25, -0.2) is 4.39 Å². The molecule has 176 valence electrons. The average molecular weight is 471 g/mol. The number of phenolic OH excluding ortho intramolecular Hbond substituents is 1. The minimum absolute atomic E-state index is 0.0949. The van der Waals surface area contributed by atoms with Crippen molar-refractivity contribution in [1.29, 1.82) is 10.5 Å². The van der Waals surface area contributed by atoms with Gasteiger partial charge in [0.2, 0.25) is 0 Å². The van der Waals surface area contributed by atoms with E-state index in [1.807, 2.05) is 18.2 Å². The SMILES string of the molecule is COc1ccc(O)cc1.COc1ccc(Oc2ccccc2C#N)cc1.N#Cc1ccccc1F. The van der Waals surface area contributed by atoms with Crippen LogP contribution in [0.1, 0.15) is 11.1 Å². The maximum Gasteiger partial charge on any atom is 0.145 e. The van der Waals surface area contributed by atoms with Gasteiger partial charge in [-0.3, -0.25) is 0 Å². The van der Waals surface area contributed by atoms with Gasteiger partial charge in [0.05, 0.1) is 25.3 Å². The van der Waals surface area contributed by atoms with Gasteiger partial charge in [0.1, 0.15) is 46.7 Å². The van der Waals surface area contributed by atoms with E-state index >= 15 is 0 Å². The van der Waals surface area contributed by atoms with Gasteiger partial charge < -0.3 is 19.3 Å². The minimum Gasteiger partial charge on any atom is -0.508 e. The number of aromatic hydroxyl groups is 1. The number of rotatable bonds is 4. The van der Waals surface area contributed by atoms with Crippen LogP contribution in [0.2, 0.25) is 0 Å². The normalized spacial score (nSPS) is 9.06. The molecule has 0 bridgehead atoms. The zero-order chi connectivity index (χ0) is 25.5. The summed E-state index contributed by atoms with van der Waals surface area (Å²) in [6, 6.07) is 30.6. The molecular weight excluding hydrogens is 447 g/mol. The van der Waals surface area contributed by atoms with Crippen LogP contribution in [0.25, 0.3) is 0 Å². The minimum atomic E-state index is -0.458. The third-order valence-electron chi connectivity index (χ3n) is 4.36. The predicted octanol–water partition coefficient (Wildman–Crippen LogP) is 6.46. The largest absolute Gasteiger partial charge is 0.508 e. The van der Waals surface area contributed by atoms with Crippen LogP contribution in [-0.2, 0) is 0 Å². The summed E-state index contributed by atoms with van der Waals surface area (Å²) in [6.07, 6.45) is 0. The van der Waals surface area contributed by atoms with Gasteiger partial charge in [0, 0.05) is 0 Å². The summed E-state index contributed by atoms with van der Waals surface area (Å²) < 4.78 is 27.9. The number of para-hydroxylation sites is 1. The first-order valence-electron chi connectivity index (χ1n) is 10.3. The molecule has 0 unspecified atom stereocenters. The molecule has 0 aliphatic heterocycles. The standard InChI is InChI=1S/C14H11NO2.C7H4FN.C7H8O2/c1-16-12-6-8-13(9-7-12)17-14-5-3-2-4-11(14)10-15;8-7-4-2-1-3-6(7)5-9;1-9-7-4-2-6(8)3-5-7/h2-9H,1H3;1-4H;2-5,8H,1H3. The summed E-state index contributed by atoms with van der Waals surface area (Å²) in [5.74, 6) is 2.56. The molecule has 0 fully saturated rings. The molecule has 0 aromatic heterocycles. The number of phenols is 1. The number of hydrogen-bond donors (Lipinski definition) is 1. The fraction of sp³-hybridized carbons (Fsp3) is 0.0714. The topological polar surface area (TPSA) is 95.5 Å². The molecule has 0 amide bonds. The molecule has 0 aliphatic rings. The molecule has 0 aliphatic carbocycles. The van der Waals surface area contributed by atoms with Crippen LogP contribution in [0, 0.1) is 28.5 Å². The molecule has 0 spiro atoms. The van der Waals surface area contributed by atoms with Crippen molar-refractivity contribution in [2.45, 2.75) is 0 Å². The number of ether oxygens (including phenoxy) is 3. The van der Waals surface area contributed by atoms with E-state index in [9.17, 15) is 4.39 Å². The first kappa shape index (κ1) is 26.2. The summed E-state index contributed by atoms with van der Waals surface area (Å²) in [7, 11) is 3.20. The molecule has 4 aromatic rings. The second-order valence-corrected chi connectivity index (χ2v) is 6.68. The summed E-state index contributed by atoms with van der Waals surface area (Å²) >= 11 is 0. The summed E-state index contributed by atoms with van der Waals surface area (Å²) in [5, 5.41) is 26.0. The van der Waals surface area contributed by atoms with Crippen molar-refractivity contribution in [3.05, 3.63) is 114 Å². The van der Waals surface area contributed by atoms with E-state index in [0.29, 0.717) is 17.1 Å². The van der Waals surface area contributed by atoms with Crippen molar-refractivity contribution in [3.63, 3.8) is 0 Å². The number of halogens is 1. The van der Waals surface area contributed by atoms with Crippen LogP contribution in [0.4, 0.5) is 4.39 Å². The van der Waals surface area contributed by atoms with Crippen LogP contribution >= 0.6 is 0 Å². The third-order valence-corrected chi connectivity index (χ3v) is 4.36. The number of benzene rings is 4. The second kappa shape index (κ2) is 14.2. The van der Waals surface area contributed by atoms with Gasteiger partial charge in [-0.2, -0.15) is 10.5 Å². The highest BCUT2D eigenvalue weighted by molar-refractivity contribution is 5.45. The van der Waals surface area contributed by atoms with Crippen LogP contribution in [0.15, 0.2) is 97.1 Å². The molecule has 4 aromatic carbocycles. The highest BCUT2D eigenvalue weighted by Crippen LogP contribution is 2.26. The van der Waals surface area contributed by atoms with E-state index < -0.39 is 5.82 Å². The van der Waals surface area contributed by atoms with Crippen molar-refractivity contribution in [1.82, 2.24) is 0 Å². The Morgan fingerprint density at radius 2 is 1.09 bits per heavy atom. The van der Waals surface area contributed by atoms with Gasteiger partial charge in [-0.15, -0.1) is 0 Å². The zero-order valence-corrected chi connectivity index (χ0v) is 19.2. The molecule has 6 nitrogen and oxygen atoms in total. The van der Waals surface area contributed by atoms with Gasteiger partial charge in [-0.1, -0.05) is 24.3 Å². The molecule has 7 heteroatoms. The van der Waals surface area contributed by atoms with E-state index in [2.05, 4.69) is 6.07 Å². The first-order chi connectivity index (χ1) is 17.0. The Morgan fingerprint density at radius 1 is 0.629 bits per heavy atom. The van der Waals surface area contributed by atoms with Gasteiger partial charge >= 0.3 is 0 Å². The van der Waals surface area contributed by atoms with E-state index in [1.165, 1.54) is 12.1 Å². The van der Waals surface area contributed by atoms with Crippen molar-refractivity contribution < 1.29 is 23.7 Å². The van der Waals surface area contributed by atoms with Gasteiger partial charge in [-0.05, 0) is 72.8 Å². The molecule has 0 heterocycles. The Bertz CT molecular complexity index is 1280. The van der Waals surface area contributed by atoms with Crippen LogP contribution in [0.5, 0.6) is 28.7 Å². The van der Waals surface area contributed by atoms with Gasteiger partial charge in [0.25, 0.3) is 0 Å². The third kappa shape index (κ3) is 8.80. The maximum atomic E-state index is 12.4. The van der Waals surface area contributed by atoms with E-state index in [0.717, 1.165) is 11.5 Å². The van der Waals surface area contributed by atoms with Crippen LogP contribution in [0.3, 0.4) is 0 Å². The lowest BCUT2D eigenvalue weighted by molar-refractivity contribution is 0.412. The summed E-state index contributed by atoms with van der Waals surface area (Å²) in [4.78, 5) is 0. The first-order valence-corrected chi connectivity index (χ1v) is 10.3. The molecule has 35 heavy (non-hydrogen) atoms. The number of methoxy groups -OCH3 is 2. The lowest BCUT2D eigenvalue weighted by Gasteiger charge is -2.07. The number of nitrogens with zero attached hydrogens (tertiary/aromatic N) is 2. The Labute approximate surface area is 203 Å². The van der Waals surface area contributed by atoms with E-state index in [-0.39, 0.29) is 11.3 Å². The molecule has 0 radical (unpaired) electrons. The van der Waals surface area contributed by atoms with Crippen molar-refractivity contribution >= 4 is 0 Å². The average Bonchev–Trinajstić information content (AvgIpc) is 2.91. The fourth-order valence-corrected chi connectivity index (χ4v) is 2.55. The molecule has 0 saturated heterocycles. The highest BCUT2D eigenvalue weighted by atomic mass is 19.1. The van der Waals surface area contributed by atoms with Crippen LogP contribution < -0.4 is 14.2 Å². The number of nitriles is 2. The highest BCUT2D eigenvalue weighted by Gasteiger charge is 2.03. The molecule has 0 atom stereocenters. The molecule has 4 rings (SSSR count). The lowest BCUT2D eigenvalue weighted by atomic mass is 10.2. The Morgan fingerprint density at radius 3 is 1.57 bits per heavy atom. The van der Waals surface area contributed by atoms with Crippen molar-refractivity contribution in [2.75, 3.05) is 14.2 Å². The quantitative estimate of drug-likeness (QED) is 0.368. The maximum absolute atomic E-state index is 12.4. The monoisotopic (exact) mass is 470 g/mol. The predicted molar refractivity (Wildman–Crippen MR) is 130 cm³/mol. The second-order valence-electron chi connectivity index (χ2n) is 6.68. The summed E-state index contributed by atoms with van der Waals surface area (Å²) in [6.45, 7) is 0. The van der Waals surface area contributed by atoms with Crippen molar-refractivity contribution in [3.8, 4) is 40.9 Å². The fourth-order valence-electron chi connectivity index (χ4n) is 2.55. The van der Waals surface area contributed by atoms with Crippen LogP contribution in [-0.4, -0.2) is 19.3 Å². The summed E-state index contributed by atoms with van der Waals surface area (Å²) in [5.41, 5.74) is 0.612. The smallest absolute Gasteiger partial charge is 0.145 e. The molecule has 0 saturated carbocycles. The van der Waals surface area contributed by atoms with E-state index in [4.69, 9.17) is 29.8 Å². The van der Waals surface area contributed by atoms with Crippen molar-refractivity contribution in [2.24, 2.45) is 0 Å². The Hall–Kier alpha value is -5.01. The van der Waals surface area contributed by atoms with Gasteiger partial charge in [0.15, 0.2) is 0 Å². The Kier molecular flexibility index (Phi) is 10.6. The zero-order valence-electron chi connectivity index (χ0n) is 19.2. The Balaban J connectivity index is 0.000000203. The lowest BCUT2D eigenvalue weighted by Crippen LogP contribution is -1.88. The molecular formula is C28H23FN2O4. The molecule has 1 N–H and O–H groups in total.